The lowest BCUT2D eigenvalue weighted by Gasteiger charge is -2.35. The van der Waals surface area contributed by atoms with Crippen molar-refractivity contribution in [3.63, 3.8) is 0 Å². The third-order valence-corrected chi connectivity index (χ3v) is 4.81. The van der Waals surface area contributed by atoms with Gasteiger partial charge in [0.25, 0.3) is 5.91 Å². The summed E-state index contributed by atoms with van der Waals surface area (Å²) in [4.78, 5) is 28.2. The van der Waals surface area contributed by atoms with Gasteiger partial charge in [-0.25, -0.2) is 0 Å². The van der Waals surface area contributed by atoms with Crippen LogP contribution in [0.1, 0.15) is 5.76 Å². The third-order valence-electron chi connectivity index (χ3n) is 4.58. The van der Waals surface area contributed by atoms with Gasteiger partial charge in [-0.05, 0) is 18.2 Å². The van der Waals surface area contributed by atoms with Crippen molar-refractivity contribution >= 4 is 23.2 Å². The molecule has 0 aliphatic carbocycles. The van der Waals surface area contributed by atoms with E-state index >= 15 is 0 Å². The van der Waals surface area contributed by atoms with Gasteiger partial charge in [-0.2, -0.15) is 0 Å². The molecule has 1 aromatic heterocycles. The molecule has 2 aromatic rings. The normalized spacial score (nSPS) is 14.4. The highest BCUT2D eigenvalue weighted by Crippen LogP contribution is 2.21. The molecule has 1 aliphatic rings. The summed E-state index contributed by atoms with van der Waals surface area (Å²) in [5.41, 5.74) is 0.808. The van der Waals surface area contributed by atoms with Crippen LogP contribution in [-0.4, -0.2) is 50.1 Å². The molecule has 1 aromatic carbocycles. The number of nitrogens with one attached hydrogen (secondary N) is 1. The zero-order chi connectivity index (χ0) is 20.6. The largest absolute Gasteiger partial charge is 0.477 e. The van der Waals surface area contributed by atoms with Crippen LogP contribution in [0.4, 0.5) is 5.69 Å². The van der Waals surface area contributed by atoms with Gasteiger partial charge in [0.15, 0.2) is 6.61 Å². The summed E-state index contributed by atoms with van der Waals surface area (Å²) in [5, 5.41) is 3.30. The second kappa shape index (κ2) is 10.1. The van der Waals surface area contributed by atoms with E-state index in [1.807, 2.05) is 18.2 Å². The molecular weight excluding hydrogens is 394 g/mol. The van der Waals surface area contributed by atoms with E-state index in [0.717, 1.165) is 36.9 Å². The zero-order valence-electron chi connectivity index (χ0n) is 16.1. The smallest absolute Gasteiger partial charge is 0.258 e. The minimum absolute atomic E-state index is 0.0216. The van der Waals surface area contributed by atoms with Crippen molar-refractivity contribution in [1.29, 1.82) is 0 Å². The van der Waals surface area contributed by atoms with Crippen molar-refractivity contribution in [3.8, 4) is 5.75 Å². The quantitative estimate of drug-likeness (QED) is 0.664. The van der Waals surface area contributed by atoms with E-state index in [1.165, 1.54) is 12.3 Å². The van der Waals surface area contributed by atoms with E-state index in [9.17, 15) is 9.59 Å². The maximum absolute atomic E-state index is 12.2. The predicted octanol–water partition coefficient (Wildman–Crippen LogP) is 2.30. The first-order valence-electron chi connectivity index (χ1n) is 9.40. The van der Waals surface area contributed by atoms with Crippen LogP contribution >= 0.6 is 11.6 Å². The van der Waals surface area contributed by atoms with Crippen LogP contribution in [0.2, 0.25) is 5.02 Å². The Morgan fingerprint density at radius 3 is 2.76 bits per heavy atom. The molecule has 0 saturated carbocycles. The highest BCUT2D eigenvalue weighted by atomic mass is 35.5. The van der Waals surface area contributed by atoms with Gasteiger partial charge in [0, 0.05) is 49.5 Å². The highest BCUT2D eigenvalue weighted by Gasteiger charge is 2.19. The summed E-state index contributed by atoms with van der Waals surface area (Å²) in [5.74, 6) is 0.258. The number of nitrogens with zero attached hydrogens (tertiary/aromatic N) is 2. The summed E-state index contributed by atoms with van der Waals surface area (Å²) in [6.07, 6.45) is 2.83. The highest BCUT2D eigenvalue weighted by molar-refractivity contribution is 6.30. The summed E-state index contributed by atoms with van der Waals surface area (Å²) in [7, 11) is 0. The van der Waals surface area contributed by atoms with Crippen molar-refractivity contribution in [2.45, 2.75) is 6.54 Å². The van der Waals surface area contributed by atoms with Crippen LogP contribution < -0.4 is 20.4 Å². The molecule has 1 fully saturated rings. The van der Waals surface area contributed by atoms with Gasteiger partial charge in [0.2, 0.25) is 11.2 Å². The van der Waals surface area contributed by atoms with Crippen molar-refractivity contribution in [2.24, 2.45) is 0 Å². The molecule has 29 heavy (non-hydrogen) atoms. The molecule has 0 spiro atoms. The van der Waals surface area contributed by atoms with Gasteiger partial charge in [-0.15, -0.1) is 6.58 Å². The molecule has 0 unspecified atom stereocenters. The van der Waals surface area contributed by atoms with E-state index in [4.69, 9.17) is 20.8 Å². The Morgan fingerprint density at radius 1 is 1.28 bits per heavy atom. The Hall–Kier alpha value is -2.77. The molecule has 7 nitrogen and oxygen atoms in total. The average molecular weight is 418 g/mol. The topological polar surface area (TPSA) is 75.0 Å². The number of amides is 1. The Balaban J connectivity index is 1.50. The van der Waals surface area contributed by atoms with Crippen LogP contribution in [0.15, 0.2) is 58.5 Å². The van der Waals surface area contributed by atoms with Gasteiger partial charge in [-0.3, -0.25) is 14.5 Å². The fourth-order valence-electron chi connectivity index (χ4n) is 3.06. The number of ether oxygens (including phenoxy) is 1. The number of anilines is 1. The average Bonchev–Trinajstić information content (AvgIpc) is 2.72. The zero-order valence-corrected chi connectivity index (χ0v) is 16.9. The standard InChI is InChI=1S/C21H24ClN3O4/c1-2-6-23-21(27)15-29-20-14-28-18(12-19(20)26)13-24-7-9-25(10-8-24)17-5-3-4-16(22)11-17/h2-5,11-12,14H,1,6-10,13,15H2,(H,23,27). The second-order valence-electron chi connectivity index (χ2n) is 6.70. The number of hydrogen-bond acceptors (Lipinski definition) is 6. The fourth-order valence-corrected chi connectivity index (χ4v) is 3.25. The lowest BCUT2D eigenvalue weighted by molar-refractivity contribution is -0.122. The van der Waals surface area contributed by atoms with Crippen LogP contribution in [0.5, 0.6) is 5.75 Å². The number of carbonyl (C=O) groups excluding carboxylic acids is 1. The van der Waals surface area contributed by atoms with Gasteiger partial charge in [0.05, 0.1) is 6.54 Å². The maximum Gasteiger partial charge on any atom is 0.258 e. The van der Waals surface area contributed by atoms with Crippen molar-refractivity contribution < 1.29 is 13.9 Å². The Labute approximate surface area is 174 Å². The first-order valence-corrected chi connectivity index (χ1v) is 9.78. The number of rotatable bonds is 8. The minimum atomic E-state index is -0.328. The number of hydrogen-bond donors (Lipinski definition) is 1. The molecule has 154 valence electrons. The lowest BCUT2D eigenvalue weighted by atomic mass is 10.2. The third kappa shape index (κ3) is 6.10. The van der Waals surface area contributed by atoms with Gasteiger partial charge in [0.1, 0.15) is 12.0 Å². The van der Waals surface area contributed by atoms with Crippen LogP contribution in [0.3, 0.4) is 0 Å². The Bertz CT molecular complexity index is 907. The van der Waals surface area contributed by atoms with E-state index in [-0.39, 0.29) is 23.7 Å². The number of benzene rings is 1. The van der Waals surface area contributed by atoms with Crippen molar-refractivity contribution in [1.82, 2.24) is 10.2 Å². The first kappa shape index (κ1) is 21.0. The van der Waals surface area contributed by atoms with Gasteiger partial charge in [-0.1, -0.05) is 23.7 Å². The maximum atomic E-state index is 12.2. The molecule has 1 aliphatic heterocycles. The van der Waals surface area contributed by atoms with E-state index in [2.05, 4.69) is 27.8 Å². The predicted molar refractivity (Wildman–Crippen MR) is 113 cm³/mol. The molecule has 0 radical (unpaired) electrons. The van der Waals surface area contributed by atoms with Crippen LogP contribution in [-0.2, 0) is 11.3 Å². The molecular formula is C21H24ClN3O4. The molecule has 3 rings (SSSR count). The van der Waals surface area contributed by atoms with Gasteiger partial charge >= 0.3 is 0 Å². The summed E-state index contributed by atoms with van der Waals surface area (Å²) >= 11 is 6.07. The SMILES string of the molecule is C=CCNC(=O)COc1coc(CN2CCN(c3cccc(Cl)c3)CC2)cc1=O. The van der Waals surface area contributed by atoms with Crippen LogP contribution in [0.25, 0.3) is 0 Å². The minimum Gasteiger partial charge on any atom is -0.477 e. The monoisotopic (exact) mass is 417 g/mol. The number of piperazine rings is 1. The molecule has 8 heteroatoms. The summed E-state index contributed by atoms with van der Waals surface area (Å²) in [6.45, 7) is 7.58. The summed E-state index contributed by atoms with van der Waals surface area (Å²) in [6, 6.07) is 9.25. The van der Waals surface area contributed by atoms with E-state index in [1.54, 1.807) is 6.08 Å². The first-order chi connectivity index (χ1) is 14.0. The molecule has 1 amide bonds. The number of halogens is 1. The molecule has 2 heterocycles. The number of carbonyl (C=O) groups is 1. The van der Waals surface area contributed by atoms with Crippen molar-refractivity contribution in [3.05, 3.63) is 70.3 Å². The second-order valence-corrected chi connectivity index (χ2v) is 7.14. The lowest BCUT2D eigenvalue weighted by Crippen LogP contribution is -2.46. The molecule has 1 N–H and O–H groups in total. The van der Waals surface area contributed by atoms with Crippen molar-refractivity contribution in [2.75, 3.05) is 44.2 Å². The summed E-state index contributed by atoms with van der Waals surface area (Å²) < 4.78 is 10.8. The fraction of sp³-hybridized carbons (Fsp3) is 0.333. The molecule has 0 bridgehead atoms. The Morgan fingerprint density at radius 2 is 2.07 bits per heavy atom. The van der Waals surface area contributed by atoms with Crippen LogP contribution in [0, 0.1) is 0 Å². The molecule has 0 atom stereocenters. The molecule has 1 saturated heterocycles. The van der Waals surface area contributed by atoms with E-state index in [0.29, 0.717) is 18.8 Å². The van der Waals surface area contributed by atoms with E-state index < -0.39 is 0 Å². The van der Waals surface area contributed by atoms with Gasteiger partial charge < -0.3 is 19.4 Å². The Kier molecular flexibility index (Phi) is 7.32.